The molecular weight excluding hydrogens is 264 g/mol. The number of hydrogen-bond donors (Lipinski definition) is 0. The van der Waals surface area contributed by atoms with Crippen LogP contribution in [-0.2, 0) is 14.8 Å². The second-order valence-corrected chi connectivity index (χ2v) is 6.03. The zero-order valence-corrected chi connectivity index (χ0v) is 11.5. The van der Waals surface area contributed by atoms with E-state index >= 15 is 0 Å². The molecule has 0 saturated heterocycles. The van der Waals surface area contributed by atoms with Crippen molar-refractivity contribution in [2.24, 2.45) is 0 Å². The van der Waals surface area contributed by atoms with Crippen molar-refractivity contribution in [3.05, 3.63) is 23.5 Å². The van der Waals surface area contributed by atoms with E-state index in [1.54, 1.807) is 6.92 Å². The number of sulfonamides is 1. The van der Waals surface area contributed by atoms with Crippen LogP contribution < -0.4 is 0 Å². The van der Waals surface area contributed by atoms with Gasteiger partial charge in [0.05, 0.1) is 6.61 Å². The molecule has 0 aromatic carbocycles. The smallest absolute Gasteiger partial charge is 0.244 e. The minimum absolute atomic E-state index is 0.118. The molecule has 0 saturated carbocycles. The highest BCUT2D eigenvalue weighted by molar-refractivity contribution is 7.89. The quantitative estimate of drug-likeness (QED) is 0.764. The SMILES string of the molecule is COC[C@@H](C)N(C)S(=O)(=O)c1ccc(Cl)nc1. The lowest BCUT2D eigenvalue weighted by atomic mass is 10.4. The van der Waals surface area contributed by atoms with E-state index < -0.39 is 10.0 Å². The summed E-state index contributed by atoms with van der Waals surface area (Å²) in [7, 11) is -0.509. The lowest BCUT2D eigenvalue weighted by molar-refractivity contribution is 0.149. The van der Waals surface area contributed by atoms with Gasteiger partial charge in [-0.15, -0.1) is 0 Å². The molecule has 0 aliphatic carbocycles. The van der Waals surface area contributed by atoms with E-state index in [9.17, 15) is 8.42 Å². The maximum absolute atomic E-state index is 12.1. The molecule has 7 heteroatoms. The highest BCUT2D eigenvalue weighted by atomic mass is 35.5. The third-order valence-electron chi connectivity index (χ3n) is 2.41. The van der Waals surface area contributed by atoms with Gasteiger partial charge >= 0.3 is 0 Å². The molecule has 0 spiro atoms. The molecule has 1 aromatic rings. The summed E-state index contributed by atoms with van der Waals surface area (Å²) in [6.45, 7) is 2.10. The fourth-order valence-electron chi connectivity index (χ4n) is 1.26. The van der Waals surface area contributed by atoms with Crippen LogP contribution in [0, 0.1) is 0 Å². The summed E-state index contributed by atoms with van der Waals surface area (Å²) in [5.74, 6) is 0. The van der Waals surface area contributed by atoms with Crippen LogP contribution in [0.5, 0.6) is 0 Å². The topological polar surface area (TPSA) is 59.5 Å². The predicted octanol–water partition coefficient (Wildman–Crippen LogP) is 1.39. The first-order valence-electron chi connectivity index (χ1n) is 4.98. The molecule has 1 aromatic heterocycles. The number of methoxy groups -OCH3 is 1. The fraction of sp³-hybridized carbons (Fsp3) is 0.500. The number of pyridine rings is 1. The molecule has 1 rings (SSSR count). The molecule has 0 radical (unpaired) electrons. The molecule has 0 bridgehead atoms. The Kier molecular flexibility index (Phi) is 4.88. The zero-order chi connectivity index (χ0) is 13.1. The molecule has 5 nitrogen and oxygen atoms in total. The summed E-state index contributed by atoms with van der Waals surface area (Å²) in [4.78, 5) is 3.88. The second-order valence-electron chi connectivity index (χ2n) is 3.64. The molecule has 0 fully saturated rings. The molecule has 17 heavy (non-hydrogen) atoms. The average molecular weight is 279 g/mol. The van der Waals surface area contributed by atoms with Gasteiger partial charge in [-0.2, -0.15) is 4.31 Å². The maximum atomic E-state index is 12.1. The number of likely N-dealkylation sites (N-methyl/N-ethyl adjacent to an activating group) is 1. The summed E-state index contributed by atoms with van der Waals surface area (Å²) >= 11 is 5.61. The van der Waals surface area contributed by atoms with Crippen LogP contribution in [0.2, 0.25) is 5.15 Å². The molecule has 1 atom stereocenters. The lowest BCUT2D eigenvalue weighted by Gasteiger charge is -2.23. The minimum Gasteiger partial charge on any atom is -0.383 e. The van der Waals surface area contributed by atoms with E-state index in [1.807, 2.05) is 0 Å². The molecule has 0 N–H and O–H groups in total. The van der Waals surface area contributed by atoms with E-state index in [2.05, 4.69) is 4.98 Å². The van der Waals surface area contributed by atoms with E-state index in [0.717, 1.165) is 0 Å². The largest absolute Gasteiger partial charge is 0.383 e. The van der Waals surface area contributed by atoms with Crippen molar-refractivity contribution >= 4 is 21.6 Å². The van der Waals surface area contributed by atoms with Crippen molar-refractivity contribution in [1.82, 2.24) is 9.29 Å². The Hall–Kier alpha value is -0.690. The van der Waals surface area contributed by atoms with Crippen molar-refractivity contribution in [2.45, 2.75) is 17.9 Å². The Balaban J connectivity index is 2.98. The van der Waals surface area contributed by atoms with Crippen LogP contribution in [0.4, 0.5) is 0 Å². The summed E-state index contributed by atoms with van der Waals surface area (Å²) in [6, 6.07) is 2.63. The number of rotatable bonds is 5. The summed E-state index contributed by atoms with van der Waals surface area (Å²) < 4.78 is 30.5. The van der Waals surface area contributed by atoms with Gasteiger partial charge in [0.2, 0.25) is 10.0 Å². The lowest BCUT2D eigenvalue weighted by Crippen LogP contribution is -2.37. The number of nitrogens with zero attached hydrogens (tertiary/aromatic N) is 2. The molecule has 0 aliphatic heterocycles. The monoisotopic (exact) mass is 278 g/mol. The van der Waals surface area contributed by atoms with Gasteiger partial charge in [0.25, 0.3) is 0 Å². The highest BCUT2D eigenvalue weighted by Gasteiger charge is 2.25. The van der Waals surface area contributed by atoms with Crippen molar-refractivity contribution in [3.63, 3.8) is 0 Å². The van der Waals surface area contributed by atoms with E-state index in [4.69, 9.17) is 16.3 Å². The van der Waals surface area contributed by atoms with Gasteiger partial charge in [-0.3, -0.25) is 0 Å². The van der Waals surface area contributed by atoms with Gasteiger partial charge in [0.15, 0.2) is 0 Å². The van der Waals surface area contributed by atoms with Crippen LogP contribution >= 0.6 is 11.6 Å². The van der Waals surface area contributed by atoms with E-state index in [-0.39, 0.29) is 16.1 Å². The summed E-state index contributed by atoms with van der Waals surface area (Å²) in [5.41, 5.74) is 0. The van der Waals surface area contributed by atoms with Crippen molar-refractivity contribution < 1.29 is 13.2 Å². The number of ether oxygens (including phenoxy) is 1. The highest BCUT2D eigenvalue weighted by Crippen LogP contribution is 2.17. The molecule has 1 heterocycles. The third kappa shape index (κ3) is 3.38. The standard InChI is InChI=1S/C10H15ClN2O3S/c1-8(7-16-3)13(2)17(14,15)9-4-5-10(11)12-6-9/h4-6,8H,7H2,1-3H3/t8-/m1/s1. The van der Waals surface area contributed by atoms with Gasteiger partial charge in [-0.25, -0.2) is 13.4 Å². The zero-order valence-electron chi connectivity index (χ0n) is 9.92. The number of hydrogen-bond acceptors (Lipinski definition) is 4. The Morgan fingerprint density at radius 2 is 2.18 bits per heavy atom. The van der Waals surface area contributed by atoms with Gasteiger partial charge < -0.3 is 4.74 Å². The molecule has 0 amide bonds. The fourth-order valence-corrected chi connectivity index (χ4v) is 2.67. The van der Waals surface area contributed by atoms with Crippen LogP contribution in [-0.4, -0.2) is 44.5 Å². The Bertz CT molecular complexity index is 461. The Morgan fingerprint density at radius 1 is 1.53 bits per heavy atom. The normalized spacial score (nSPS) is 13.9. The average Bonchev–Trinajstić information content (AvgIpc) is 2.29. The second kappa shape index (κ2) is 5.77. The summed E-state index contributed by atoms with van der Waals surface area (Å²) in [6.07, 6.45) is 1.24. The molecule has 0 aliphatic rings. The van der Waals surface area contributed by atoms with Crippen LogP contribution in [0.3, 0.4) is 0 Å². The van der Waals surface area contributed by atoms with Crippen molar-refractivity contribution in [3.8, 4) is 0 Å². The molecule has 0 unspecified atom stereocenters. The first-order valence-corrected chi connectivity index (χ1v) is 6.80. The van der Waals surface area contributed by atoms with Gasteiger partial charge in [0, 0.05) is 26.4 Å². The first kappa shape index (κ1) is 14.4. The molecular formula is C10H15ClN2O3S. The van der Waals surface area contributed by atoms with Crippen LogP contribution in [0.1, 0.15) is 6.92 Å². The number of halogens is 1. The van der Waals surface area contributed by atoms with Crippen LogP contribution in [0.15, 0.2) is 23.2 Å². The van der Waals surface area contributed by atoms with Gasteiger partial charge in [-0.1, -0.05) is 11.6 Å². The molecule has 96 valence electrons. The Labute approximate surface area is 106 Å². The van der Waals surface area contributed by atoms with Gasteiger partial charge in [0.1, 0.15) is 10.0 Å². The predicted molar refractivity (Wildman–Crippen MR) is 65.5 cm³/mol. The minimum atomic E-state index is -3.54. The number of aromatic nitrogens is 1. The van der Waals surface area contributed by atoms with Gasteiger partial charge in [-0.05, 0) is 19.1 Å². The Morgan fingerprint density at radius 3 is 2.65 bits per heavy atom. The maximum Gasteiger partial charge on any atom is 0.244 e. The van der Waals surface area contributed by atoms with Crippen molar-refractivity contribution in [1.29, 1.82) is 0 Å². The van der Waals surface area contributed by atoms with E-state index in [1.165, 1.54) is 36.8 Å². The van der Waals surface area contributed by atoms with Crippen molar-refractivity contribution in [2.75, 3.05) is 20.8 Å². The third-order valence-corrected chi connectivity index (χ3v) is 4.58. The van der Waals surface area contributed by atoms with E-state index in [0.29, 0.717) is 6.61 Å². The van der Waals surface area contributed by atoms with Crippen LogP contribution in [0.25, 0.3) is 0 Å². The first-order chi connectivity index (χ1) is 7.89. The summed E-state index contributed by atoms with van der Waals surface area (Å²) in [5, 5.41) is 0.261.